The Morgan fingerprint density at radius 2 is 2.33 bits per heavy atom. The number of aryl methyl sites for hydroxylation is 1. The van der Waals surface area contributed by atoms with Crippen molar-refractivity contribution in [3.05, 3.63) is 23.8 Å². The van der Waals surface area contributed by atoms with E-state index in [-0.39, 0.29) is 0 Å². The van der Waals surface area contributed by atoms with Crippen LogP contribution >= 0.6 is 11.8 Å². The molecule has 0 unspecified atom stereocenters. The first kappa shape index (κ1) is 7.99. The lowest BCUT2D eigenvalue weighted by atomic mass is 10.2. The molecule has 0 aliphatic carbocycles. The third-order valence-corrected chi connectivity index (χ3v) is 3.17. The fourth-order valence-corrected chi connectivity index (χ4v) is 2.45. The lowest BCUT2D eigenvalue weighted by molar-refractivity contribution is 0.999. The van der Waals surface area contributed by atoms with Gasteiger partial charge in [0.15, 0.2) is 0 Å². The molecule has 1 nitrogen and oxygen atoms in total. The van der Waals surface area contributed by atoms with Crippen LogP contribution in [-0.2, 0) is 0 Å². The Hall–Kier alpha value is -0.630. The molecule has 1 aliphatic rings. The van der Waals surface area contributed by atoms with Gasteiger partial charge in [-0.25, -0.2) is 0 Å². The zero-order chi connectivity index (χ0) is 8.39. The van der Waals surface area contributed by atoms with Gasteiger partial charge >= 0.3 is 0 Å². The number of hydrogen-bond acceptors (Lipinski definition) is 2. The topological polar surface area (TPSA) is 12.0 Å². The van der Waals surface area contributed by atoms with Crippen LogP contribution in [0.25, 0.3) is 0 Å². The van der Waals surface area contributed by atoms with E-state index in [1.807, 2.05) is 11.8 Å². The molecule has 0 aromatic heterocycles. The Balaban J connectivity index is 2.36. The van der Waals surface area contributed by atoms with E-state index in [0.29, 0.717) is 0 Å². The predicted molar refractivity (Wildman–Crippen MR) is 55.0 cm³/mol. The van der Waals surface area contributed by atoms with E-state index < -0.39 is 0 Å². The molecule has 0 saturated heterocycles. The van der Waals surface area contributed by atoms with Gasteiger partial charge in [-0.1, -0.05) is 6.07 Å². The van der Waals surface area contributed by atoms with Crippen molar-refractivity contribution in [2.24, 2.45) is 0 Å². The van der Waals surface area contributed by atoms with Crippen molar-refractivity contribution in [1.29, 1.82) is 0 Å². The number of benzene rings is 1. The molecule has 0 amide bonds. The minimum Gasteiger partial charge on any atom is -0.384 e. The summed E-state index contributed by atoms with van der Waals surface area (Å²) in [5.41, 5.74) is 2.66. The van der Waals surface area contributed by atoms with Crippen LogP contribution in [0.2, 0.25) is 0 Å². The fraction of sp³-hybridized carbons (Fsp3) is 0.400. The highest BCUT2D eigenvalue weighted by atomic mass is 32.2. The van der Waals surface area contributed by atoms with Crippen LogP contribution < -0.4 is 5.32 Å². The number of anilines is 1. The summed E-state index contributed by atoms with van der Waals surface area (Å²) in [5.74, 6) is 1.24. The number of nitrogens with one attached hydrogen (secondary N) is 1. The molecule has 1 aromatic rings. The third kappa shape index (κ3) is 1.58. The normalized spacial score (nSPS) is 16.1. The van der Waals surface area contributed by atoms with Gasteiger partial charge in [-0.15, -0.1) is 11.8 Å². The smallest absolute Gasteiger partial charge is 0.0478 e. The van der Waals surface area contributed by atoms with E-state index in [2.05, 4.69) is 30.4 Å². The van der Waals surface area contributed by atoms with Gasteiger partial charge in [-0.05, 0) is 36.8 Å². The van der Waals surface area contributed by atoms with Crippen LogP contribution in [0.5, 0.6) is 0 Å². The second kappa shape index (κ2) is 3.40. The van der Waals surface area contributed by atoms with Gasteiger partial charge in [0.2, 0.25) is 0 Å². The zero-order valence-corrected chi connectivity index (χ0v) is 8.08. The monoisotopic (exact) mass is 179 g/mol. The molecule has 1 N–H and O–H groups in total. The summed E-state index contributed by atoms with van der Waals surface area (Å²) in [6, 6.07) is 6.61. The van der Waals surface area contributed by atoms with Gasteiger partial charge in [-0.3, -0.25) is 0 Å². The molecule has 1 heterocycles. The van der Waals surface area contributed by atoms with Crippen LogP contribution in [0.3, 0.4) is 0 Å². The Morgan fingerprint density at radius 1 is 1.42 bits per heavy atom. The largest absolute Gasteiger partial charge is 0.384 e. The maximum Gasteiger partial charge on any atom is 0.0478 e. The van der Waals surface area contributed by atoms with Crippen molar-refractivity contribution in [2.45, 2.75) is 18.2 Å². The summed E-state index contributed by atoms with van der Waals surface area (Å²) in [4.78, 5) is 1.41. The van der Waals surface area contributed by atoms with Crippen molar-refractivity contribution in [2.75, 3.05) is 17.6 Å². The van der Waals surface area contributed by atoms with Crippen molar-refractivity contribution >= 4 is 17.4 Å². The fourth-order valence-electron chi connectivity index (χ4n) is 1.37. The van der Waals surface area contributed by atoms with Crippen LogP contribution in [0.15, 0.2) is 23.1 Å². The van der Waals surface area contributed by atoms with Gasteiger partial charge in [-0.2, -0.15) is 0 Å². The number of hydrogen-bond donors (Lipinski definition) is 1. The summed E-state index contributed by atoms with van der Waals surface area (Å²) < 4.78 is 0. The van der Waals surface area contributed by atoms with Crippen LogP contribution in [0.4, 0.5) is 5.69 Å². The van der Waals surface area contributed by atoms with Crippen molar-refractivity contribution < 1.29 is 0 Å². The van der Waals surface area contributed by atoms with Crippen molar-refractivity contribution in [3.63, 3.8) is 0 Å². The minimum atomic E-state index is 1.11. The molecule has 2 rings (SSSR count). The van der Waals surface area contributed by atoms with Gasteiger partial charge < -0.3 is 5.32 Å². The van der Waals surface area contributed by atoms with Crippen molar-refractivity contribution in [1.82, 2.24) is 0 Å². The quantitative estimate of drug-likeness (QED) is 0.657. The lowest BCUT2D eigenvalue weighted by Gasteiger charge is -2.06. The molecular formula is C10H13NS. The van der Waals surface area contributed by atoms with E-state index in [4.69, 9.17) is 0 Å². The molecular weight excluding hydrogens is 166 g/mol. The molecule has 64 valence electrons. The highest BCUT2D eigenvalue weighted by Gasteiger charge is 2.06. The number of rotatable bonds is 0. The second-order valence-corrected chi connectivity index (χ2v) is 4.27. The second-order valence-electron chi connectivity index (χ2n) is 3.13. The SMILES string of the molecule is Cc1ccc2c(c1)SCCCN2. The standard InChI is InChI=1S/C10H13NS/c1-8-3-4-9-10(7-8)12-6-2-5-11-9/h3-4,7,11H,2,5-6H2,1H3. The Morgan fingerprint density at radius 3 is 3.25 bits per heavy atom. The first-order valence-corrected chi connectivity index (χ1v) is 5.32. The van der Waals surface area contributed by atoms with Crippen LogP contribution in [0.1, 0.15) is 12.0 Å². The van der Waals surface area contributed by atoms with Gasteiger partial charge in [0.25, 0.3) is 0 Å². The summed E-state index contributed by atoms with van der Waals surface area (Å²) >= 11 is 1.96. The van der Waals surface area contributed by atoms with Gasteiger partial charge in [0.05, 0.1) is 0 Å². The average Bonchev–Trinajstić information content (AvgIpc) is 2.28. The summed E-state index contributed by atoms with van der Waals surface area (Å²) in [6.07, 6.45) is 1.26. The Bertz CT molecular complexity index is 283. The summed E-state index contributed by atoms with van der Waals surface area (Å²) in [5, 5.41) is 3.43. The van der Waals surface area contributed by atoms with Gasteiger partial charge in [0.1, 0.15) is 0 Å². The average molecular weight is 179 g/mol. The molecule has 0 saturated carbocycles. The lowest BCUT2D eigenvalue weighted by Crippen LogP contribution is -1.99. The molecule has 0 radical (unpaired) electrons. The van der Waals surface area contributed by atoms with Gasteiger partial charge in [0, 0.05) is 17.1 Å². The Labute approximate surface area is 77.6 Å². The van der Waals surface area contributed by atoms with Crippen LogP contribution in [-0.4, -0.2) is 12.3 Å². The number of fused-ring (bicyclic) bond motifs is 1. The summed E-state index contributed by atoms with van der Waals surface area (Å²) in [7, 11) is 0. The number of thioether (sulfide) groups is 1. The maximum atomic E-state index is 3.43. The highest BCUT2D eigenvalue weighted by molar-refractivity contribution is 7.99. The minimum absolute atomic E-state index is 1.11. The summed E-state index contributed by atoms with van der Waals surface area (Å²) in [6.45, 7) is 3.26. The zero-order valence-electron chi connectivity index (χ0n) is 7.26. The molecule has 12 heavy (non-hydrogen) atoms. The third-order valence-electron chi connectivity index (χ3n) is 2.03. The van der Waals surface area contributed by atoms with E-state index in [9.17, 15) is 0 Å². The van der Waals surface area contributed by atoms with E-state index in [1.54, 1.807) is 0 Å². The molecule has 0 atom stereocenters. The Kier molecular flexibility index (Phi) is 2.26. The van der Waals surface area contributed by atoms with Crippen LogP contribution in [0, 0.1) is 6.92 Å². The van der Waals surface area contributed by atoms with E-state index in [1.165, 1.54) is 28.3 Å². The van der Waals surface area contributed by atoms with E-state index in [0.717, 1.165) is 6.54 Å². The molecule has 0 bridgehead atoms. The van der Waals surface area contributed by atoms with Crippen molar-refractivity contribution in [3.8, 4) is 0 Å². The van der Waals surface area contributed by atoms with E-state index >= 15 is 0 Å². The highest BCUT2D eigenvalue weighted by Crippen LogP contribution is 2.30. The first-order chi connectivity index (χ1) is 5.86. The molecule has 1 aromatic carbocycles. The molecule has 2 heteroatoms. The predicted octanol–water partition coefficient (Wildman–Crippen LogP) is 2.90. The first-order valence-electron chi connectivity index (χ1n) is 4.33. The molecule has 0 spiro atoms. The molecule has 0 fully saturated rings. The molecule has 1 aliphatic heterocycles. The maximum absolute atomic E-state index is 3.43.